The summed E-state index contributed by atoms with van der Waals surface area (Å²) < 4.78 is 17.7. The summed E-state index contributed by atoms with van der Waals surface area (Å²) in [6, 6.07) is 4.01. The number of aliphatic carboxylic acids is 1. The van der Waals surface area contributed by atoms with Gasteiger partial charge in [0.25, 0.3) is 0 Å². The topological polar surface area (TPSA) is 46.5 Å². The van der Waals surface area contributed by atoms with Crippen LogP contribution in [0.2, 0.25) is 0 Å². The zero-order chi connectivity index (χ0) is 9.42. The van der Waals surface area contributed by atoms with E-state index in [-0.39, 0.29) is 12.2 Å². The van der Waals surface area contributed by atoms with E-state index in [9.17, 15) is 9.18 Å². The third kappa shape index (κ3) is 1.35. The molecule has 0 spiro atoms. The molecule has 3 nitrogen and oxygen atoms in total. The minimum Gasteiger partial charge on any atom is -0.478 e. The molecule has 0 aliphatic carbocycles. The number of benzene rings is 1. The van der Waals surface area contributed by atoms with E-state index in [2.05, 4.69) is 0 Å². The second-order valence-corrected chi connectivity index (χ2v) is 2.90. The van der Waals surface area contributed by atoms with Crippen molar-refractivity contribution in [2.24, 2.45) is 0 Å². The molecule has 1 N–H and O–H groups in total. The van der Waals surface area contributed by atoms with Crippen molar-refractivity contribution < 1.29 is 19.0 Å². The summed E-state index contributed by atoms with van der Waals surface area (Å²) in [5.74, 6) is -0.918. The lowest BCUT2D eigenvalue weighted by atomic mass is 10.1. The third-order valence-corrected chi connectivity index (χ3v) is 1.97. The first kappa shape index (κ1) is 8.04. The van der Waals surface area contributed by atoms with Crippen molar-refractivity contribution in [1.29, 1.82) is 0 Å². The van der Waals surface area contributed by atoms with Crippen molar-refractivity contribution in [2.45, 2.75) is 12.5 Å². The maximum Gasteiger partial charge on any atom is 0.345 e. The largest absolute Gasteiger partial charge is 0.478 e. The molecule has 1 atom stereocenters. The summed E-state index contributed by atoms with van der Waals surface area (Å²) in [7, 11) is 0. The van der Waals surface area contributed by atoms with Crippen molar-refractivity contribution >= 4 is 5.97 Å². The minimum atomic E-state index is -1.02. The predicted molar refractivity (Wildman–Crippen MR) is 42.2 cm³/mol. The molecule has 1 aromatic rings. The fourth-order valence-electron chi connectivity index (χ4n) is 1.35. The fourth-order valence-corrected chi connectivity index (χ4v) is 1.35. The van der Waals surface area contributed by atoms with Gasteiger partial charge in [-0.15, -0.1) is 0 Å². The maximum atomic E-state index is 12.7. The molecule has 0 radical (unpaired) electrons. The van der Waals surface area contributed by atoms with E-state index in [4.69, 9.17) is 9.84 Å². The van der Waals surface area contributed by atoms with Crippen LogP contribution >= 0.6 is 0 Å². The summed E-state index contributed by atoms with van der Waals surface area (Å²) >= 11 is 0. The Kier molecular flexibility index (Phi) is 1.69. The van der Waals surface area contributed by atoms with E-state index in [1.807, 2.05) is 0 Å². The lowest BCUT2D eigenvalue weighted by molar-refractivity contribution is -0.144. The second-order valence-electron chi connectivity index (χ2n) is 2.90. The molecule has 1 aliphatic heterocycles. The smallest absolute Gasteiger partial charge is 0.345 e. The molecule has 1 aromatic carbocycles. The zero-order valence-electron chi connectivity index (χ0n) is 6.66. The quantitative estimate of drug-likeness (QED) is 0.710. The Morgan fingerprint density at radius 2 is 2.38 bits per heavy atom. The Morgan fingerprint density at radius 3 is 3.08 bits per heavy atom. The highest BCUT2D eigenvalue weighted by Crippen LogP contribution is 2.29. The number of hydrogen-bond donors (Lipinski definition) is 1. The number of carboxylic acids is 1. The first-order chi connectivity index (χ1) is 6.16. The van der Waals surface area contributed by atoms with Crippen LogP contribution in [-0.4, -0.2) is 17.2 Å². The molecule has 0 unspecified atom stereocenters. The van der Waals surface area contributed by atoms with Crippen molar-refractivity contribution in [3.8, 4) is 5.75 Å². The number of fused-ring (bicyclic) bond motifs is 1. The molecule has 0 bridgehead atoms. The summed E-state index contributed by atoms with van der Waals surface area (Å²) in [5.41, 5.74) is 0.618. The van der Waals surface area contributed by atoms with Crippen LogP contribution in [0, 0.1) is 5.82 Å². The molecule has 0 saturated heterocycles. The Balaban J connectivity index is 2.30. The number of rotatable bonds is 1. The van der Waals surface area contributed by atoms with E-state index in [1.165, 1.54) is 18.2 Å². The number of ether oxygens (including phenoxy) is 1. The van der Waals surface area contributed by atoms with E-state index in [0.717, 1.165) is 0 Å². The van der Waals surface area contributed by atoms with Crippen LogP contribution in [0.3, 0.4) is 0 Å². The van der Waals surface area contributed by atoms with Crippen LogP contribution in [0.1, 0.15) is 5.56 Å². The number of halogens is 1. The van der Waals surface area contributed by atoms with E-state index in [0.29, 0.717) is 11.3 Å². The molecule has 1 aliphatic rings. The molecular weight excluding hydrogens is 175 g/mol. The van der Waals surface area contributed by atoms with Crippen molar-refractivity contribution in [2.75, 3.05) is 0 Å². The standard InChI is InChI=1S/C9H7FO3/c10-6-1-2-7-5(3-6)4-8(13-7)9(11)12/h1-3,8H,4H2,(H,11,12)/t8-/m1/s1. The highest BCUT2D eigenvalue weighted by Gasteiger charge is 2.28. The first-order valence-electron chi connectivity index (χ1n) is 3.85. The molecular formula is C9H7FO3. The highest BCUT2D eigenvalue weighted by atomic mass is 19.1. The van der Waals surface area contributed by atoms with Gasteiger partial charge >= 0.3 is 5.97 Å². The van der Waals surface area contributed by atoms with Crippen LogP contribution < -0.4 is 4.74 Å². The second kappa shape index (κ2) is 2.73. The van der Waals surface area contributed by atoms with E-state index < -0.39 is 12.1 Å². The fraction of sp³-hybridized carbons (Fsp3) is 0.222. The highest BCUT2D eigenvalue weighted by molar-refractivity contribution is 5.74. The van der Waals surface area contributed by atoms with Crippen LogP contribution in [0.4, 0.5) is 4.39 Å². The first-order valence-corrected chi connectivity index (χ1v) is 3.85. The van der Waals surface area contributed by atoms with E-state index >= 15 is 0 Å². The SMILES string of the molecule is O=C(O)[C@H]1Cc2cc(F)ccc2O1. The number of carboxylic acid groups (broad SMARTS) is 1. The molecule has 68 valence electrons. The van der Waals surface area contributed by atoms with Gasteiger partial charge in [-0.1, -0.05) is 0 Å². The Hall–Kier alpha value is -1.58. The molecule has 0 aromatic heterocycles. The molecule has 2 rings (SSSR count). The molecule has 0 fully saturated rings. The number of hydrogen-bond acceptors (Lipinski definition) is 2. The molecule has 1 heterocycles. The van der Waals surface area contributed by atoms with Gasteiger partial charge in [-0.2, -0.15) is 0 Å². The molecule has 13 heavy (non-hydrogen) atoms. The normalized spacial score (nSPS) is 19.3. The summed E-state index contributed by atoms with van der Waals surface area (Å²) in [6.07, 6.45) is -0.626. The average molecular weight is 182 g/mol. The average Bonchev–Trinajstić information content (AvgIpc) is 2.46. The molecule has 0 saturated carbocycles. The van der Waals surface area contributed by atoms with Crippen LogP contribution in [0.15, 0.2) is 18.2 Å². The zero-order valence-corrected chi connectivity index (χ0v) is 6.66. The van der Waals surface area contributed by atoms with Crippen molar-refractivity contribution in [1.82, 2.24) is 0 Å². The summed E-state index contributed by atoms with van der Waals surface area (Å²) in [5, 5.41) is 8.64. The third-order valence-electron chi connectivity index (χ3n) is 1.97. The van der Waals surface area contributed by atoms with Crippen molar-refractivity contribution in [3.63, 3.8) is 0 Å². The van der Waals surface area contributed by atoms with Gasteiger partial charge in [0.2, 0.25) is 0 Å². The Labute approximate surface area is 73.8 Å². The lowest BCUT2D eigenvalue weighted by Gasteiger charge is -2.02. The molecule has 4 heteroatoms. The van der Waals surface area contributed by atoms with Crippen molar-refractivity contribution in [3.05, 3.63) is 29.6 Å². The van der Waals surface area contributed by atoms with Gasteiger partial charge in [0, 0.05) is 12.0 Å². The predicted octanol–water partition coefficient (Wildman–Crippen LogP) is 1.21. The van der Waals surface area contributed by atoms with E-state index in [1.54, 1.807) is 0 Å². The Bertz CT molecular complexity index is 362. The van der Waals surface area contributed by atoms with Gasteiger partial charge in [-0.25, -0.2) is 9.18 Å². The van der Waals surface area contributed by atoms with Crippen LogP contribution in [0.5, 0.6) is 5.75 Å². The number of carbonyl (C=O) groups is 1. The van der Waals surface area contributed by atoms with Crippen LogP contribution in [0.25, 0.3) is 0 Å². The lowest BCUT2D eigenvalue weighted by Crippen LogP contribution is -2.24. The molecule has 0 amide bonds. The summed E-state index contributed by atoms with van der Waals surface area (Å²) in [6.45, 7) is 0. The minimum absolute atomic E-state index is 0.239. The van der Waals surface area contributed by atoms with Gasteiger partial charge in [0.1, 0.15) is 11.6 Å². The van der Waals surface area contributed by atoms with Gasteiger partial charge in [-0.3, -0.25) is 0 Å². The van der Waals surface area contributed by atoms with Gasteiger partial charge in [0.05, 0.1) is 0 Å². The van der Waals surface area contributed by atoms with Gasteiger partial charge < -0.3 is 9.84 Å². The van der Waals surface area contributed by atoms with Crippen LogP contribution in [-0.2, 0) is 11.2 Å². The maximum absolute atomic E-state index is 12.7. The Morgan fingerprint density at radius 1 is 1.62 bits per heavy atom. The summed E-state index contributed by atoms with van der Waals surface area (Å²) in [4.78, 5) is 10.5. The van der Waals surface area contributed by atoms with Gasteiger partial charge in [-0.05, 0) is 18.2 Å². The van der Waals surface area contributed by atoms with Gasteiger partial charge in [0.15, 0.2) is 6.10 Å². The monoisotopic (exact) mass is 182 g/mol.